The molecule has 0 atom stereocenters. The summed E-state index contributed by atoms with van der Waals surface area (Å²) in [5.41, 5.74) is 5.37. The molecule has 9 heavy (non-hydrogen) atoms. The van der Waals surface area contributed by atoms with E-state index in [0.717, 1.165) is 9.94 Å². The molecule has 0 saturated carbocycles. The first-order valence-electron chi connectivity index (χ1n) is 2.69. The van der Waals surface area contributed by atoms with Crippen molar-refractivity contribution in [2.24, 2.45) is 5.73 Å². The second-order valence-corrected chi connectivity index (χ2v) is 2.76. The highest BCUT2D eigenvalue weighted by Gasteiger charge is 1.94. The first-order valence-corrected chi connectivity index (χ1v) is 3.51. The summed E-state index contributed by atoms with van der Waals surface area (Å²) in [6, 6.07) is 3.90. The van der Waals surface area contributed by atoms with Crippen molar-refractivity contribution >= 4 is 11.3 Å². The van der Waals surface area contributed by atoms with E-state index in [0.29, 0.717) is 6.54 Å². The lowest BCUT2D eigenvalue weighted by atomic mass is 10.5. The lowest BCUT2D eigenvalue weighted by molar-refractivity contribution is 0.427. The molecule has 0 amide bonds. The minimum Gasteiger partial charge on any atom is -0.487 e. The third kappa shape index (κ3) is 1.43. The number of rotatable bonds is 2. The zero-order valence-corrected chi connectivity index (χ0v) is 6.07. The van der Waals surface area contributed by atoms with Crippen LogP contribution in [0.3, 0.4) is 0 Å². The van der Waals surface area contributed by atoms with Crippen LogP contribution in [0.5, 0.6) is 5.06 Å². The average Bonchev–Trinajstić information content (AvgIpc) is 2.34. The van der Waals surface area contributed by atoms with Crippen molar-refractivity contribution in [3.63, 3.8) is 0 Å². The van der Waals surface area contributed by atoms with Crippen molar-refractivity contribution in [1.82, 2.24) is 0 Å². The molecule has 0 aliphatic rings. The van der Waals surface area contributed by atoms with E-state index in [-0.39, 0.29) is 0 Å². The Morgan fingerprint density at radius 3 is 2.78 bits per heavy atom. The highest BCUT2D eigenvalue weighted by atomic mass is 32.1. The Morgan fingerprint density at radius 2 is 2.44 bits per heavy atom. The van der Waals surface area contributed by atoms with E-state index in [1.54, 1.807) is 18.4 Å². The SMILES string of the molecule is COc1ccc(CN)s1. The monoisotopic (exact) mass is 143 g/mol. The molecule has 3 heteroatoms. The van der Waals surface area contributed by atoms with Crippen molar-refractivity contribution in [2.75, 3.05) is 7.11 Å². The summed E-state index contributed by atoms with van der Waals surface area (Å²) in [6.45, 7) is 0.605. The van der Waals surface area contributed by atoms with Crippen molar-refractivity contribution < 1.29 is 4.74 Å². The fourth-order valence-electron chi connectivity index (χ4n) is 0.578. The molecule has 1 aromatic heterocycles. The van der Waals surface area contributed by atoms with Gasteiger partial charge in [0.2, 0.25) is 0 Å². The van der Waals surface area contributed by atoms with Gasteiger partial charge in [-0.15, -0.1) is 11.3 Å². The highest BCUT2D eigenvalue weighted by Crippen LogP contribution is 2.22. The maximum atomic E-state index is 5.37. The fraction of sp³-hybridized carbons (Fsp3) is 0.333. The predicted octanol–water partition coefficient (Wildman–Crippen LogP) is 1.22. The molecule has 0 aliphatic heterocycles. The average molecular weight is 143 g/mol. The number of thiophene rings is 1. The van der Waals surface area contributed by atoms with E-state index in [2.05, 4.69) is 0 Å². The van der Waals surface area contributed by atoms with E-state index >= 15 is 0 Å². The second-order valence-electron chi connectivity index (χ2n) is 1.63. The van der Waals surface area contributed by atoms with Crippen molar-refractivity contribution in [1.29, 1.82) is 0 Å². The van der Waals surface area contributed by atoms with Crippen molar-refractivity contribution in [2.45, 2.75) is 6.54 Å². The Kier molecular flexibility index (Phi) is 2.08. The summed E-state index contributed by atoms with van der Waals surface area (Å²) in [7, 11) is 1.66. The van der Waals surface area contributed by atoms with Crippen LogP contribution in [0.15, 0.2) is 12.1 Å². The quantitative estimate of drug-likeness (QED) is 0.675. The zero-order valence-electron chi connectivity index (χ0n) is 5.26. The molecule has 2 N–H and O–H groups in total. The molecular formula is C6H9NOS. The molecule has 0 saturated heterocycles. The summed E-state index contributed by atoms with van der Waals surface area (Å²) in [6.07, 6.45) is 0. The standard InChI is InChI=1S/C6H9NOS/c1-8-6-3-2-5(4-7)9-6/h2-3H,4,7H2,1H3. The molecule has 1 aromatic rings. The molecule has 0 unspecified atom stereocenters. The van der Waals surface area contributed by atoms with Crippen LogP contribution >= 0.6 is 11.3 Å². The maximum Gasteiger partial charge on any atom is 0.173 e. The minimum absolute atomic E-state index is 0.605. The van der Waals surface area contributed by atoms with Crippen LogP contribution in [0, 0.1) is 0 Å². The van der Waals surface area contributed by atoms with Crippen molar-refractivity contribution in [3.05, 3.63) is 17.0 Å². The minimum atomic E-state index is 0.605. The largest absolute Gasteiger partial charge is 0.487 e. The van der Waals surface area contributed by atoms with Gasteiger partial charge in [0.1, 0.15) is 0 Å². The first kappa shape index (κ1) is 6.58. The van der Waals surface area contributed by atoms with Gasteiger partial charge in [0, 0.05) is 11.4 Å². The van der Waals surface area contributed by atoms with E-state index in [9.17, 15) is 0 Å². The summed E-state index contributed by atoms with van der Waals surface area (Å²) >= 11 is 1.59. The third-order valence-electron chi connectivity index (χ3n) is 1.04. The van der Waals surface area contributed by atoms with E-state index in [4.69, 9.17) is 10.5 Å². The Labute approximate surface area is 58.3 Å². The number of ether oxygens (including phenoxy) is 1. The number of hydrogen-bond donors (Lipinski definition) is 1. The van der Waals surface area contributed by atoms with Gasteiger partial charge in [-0.25, -0.2) is 0 Å². The Hall–Kier alpha value is -0.540. The van der Waals surface area contributed by atoms with Crippen LogP contribution in [-0.4, -0.2) is 7.11 Å². The number of hydrogen-bond acceptors (Lipinski definition) is 3. The highest BCUT2D eigenvalue weighted by molar-refractivity contribution is 7.13. The van der Waals surface area contributed by atoms with Gasteiger partial charge in [-0.3, -0.25) is 0 Å². The Morgan fingerprint density at radius 1 is 1.67 bits per heavy atom. The summed E-state index contributed by atoms with van der Waals surface area (Å²) in [4.78, 5) is 1.16. The predicted molar refractivity (Wildman–Crippen MR) is 38.8 cm³/mol. The number of methoxy groups -OCH3 is 1. The molecule has 0 spiro atoms. The molecule has 1 rings (SSSR count). The topological polar surface area (TPSA) is 35.2 Å². The molecule has 0 radical (unpaired) electrons. The molecule has 0 bridgehead atoms. The van der Waals surface area contributed by atoms with Gasteiger partial charge in [-0.1, -0.05) is 0 Å². The summed E-state index contributed by atoms with van der Waals surface area (Å²) < 4.78 is 4.96. The van der Waals surface area contributed by atoms with Crippen LogP contribution in [0.1, 0.15) is 4.88 Å². The van der Waals surface area contributed by atoms with Gasteiger partial charge >= 0.3 is 0 Å². The van der Waals surface area contributed by atoms with Gasteiger partial charge in [0.25, 0.3) is 0 Å². The smallest absolute Gasteiger partial charge is 0.173 e. The molecule has 0 fully saturated rings. The second kappa shape index (κ2) is 2.85. The molecule has 50 valence electrons. The lowest BCUT2D eigenvalue weighted by Gasteiger charge is -1.88. The van der Waals surface area contributed by atoms with Crippen LogP contribution in [0.2, 0.25) is 0 Å². The van der Waals surface area contributed by atoms with E-state index in [1.165, 1.54) is 0 Å². The zero-order chi connectivity index (χ0) is 6.69. The molecular weight excluding hydrogens is 134 g/mol. The first-order chi connectivity index (χ1) is 4.36. The maximum absolute atomic E-state index is 5.37. The Bertz CT molecular complexity index is 166. The normalized spacial score (nSPS) is 9.56. The van der Waals surface area contributed by atoms with Crippen LogP contribution in [0.25, 0.3) is 0 Å². The van der Waals surface area contributed by atoms with E-state index in [1.807, 2.05) is 12.1 Å². The van der Waals surface area contributed by atoms with Gasteiger partial charge in [0.05, 0.1) is 7.11 Å². The van der Waals surface area contributed by atoms with Crippen LogP contribution in [0.4, 0.5) is 0 Å². The van der Waals surface area contributed by atoms with Gasteiger partial charge in [-0.2, -0.15) is 0 Å². The van der Waals surface area contributed by atoms with Gasteiger partial charge in [0.15, 0.2) is 5.06 Å². The van der Waals surface area contributed by atoms with Crippen molar-refractivity contribution in [3.8, 4) is 5.06 Å². The van der Waals surface area contributed by atoms with Crippen LogP contribution < -0.4 is 10.5 Å². The van der Waals surface area contributed by atoms with E-state index < -0.39 is 0 Å². The molecule has 0 aliphatic carbocycles. The lowest BCUT2D eigenvalue weighted by Crippen LogP contribution is -1.91. The number of nitrogens with two attached hydrogens (primary N) is 1. The Balaban J connectivity index is 2.74. The molecule has 0 aromatic carbocycles. The summed E-state index contributed by atoms with van der Waals surface area (Å²) in [5.74, 6) is 0. The third-order valence-corrected chi connectivity index (χ3v) is 2.11. The molecule has 2 nitrogen and oxygen atoms in total. The molecule has 1 heterocycles. The van der Waals surface area contributed by atoms with Gasteiger partial charge < -0.3 is 10.5 Å². The fourth-order valence-corrected chi connectivity index (χ4v) is 1.27. The van der Waals surface area contributed by atoms with Gasteiger partial charge in [-0.05, 0) is 12.1 Å². The van der Waals surface area contributed by atoms with Crippen LogP contribution in [-0.2, 0) is 6.54 Å². The summed E-state index contributed by atoms with van der Waals surface area (Å²) in [5, 5.41) is 0.926.